The number of fused-ring (bicyclic) bond motifs is 1. The Kier molecular flexibility index (Phi) is 1.25. The molecular formula is C6H6N4S. The second-order valence-corrected chi connectivity index (χ2v) is 2.65. The van der Waals surface area contributed by atoms with Gasteiger partial charge in [-0.2, -0.15) is 0 Å². The molecule has 0 saturated carbocycles. The first-order chi connectivity index (χ1) is 5.29. The van der Waals surface area contributed by atoms with Crippen molar-refractivity contribution in [2.45, 2.75) is 0 Å². The molecule has 1 N–H and O–H groups in total. The van der Waals surface area contributed by atoms with Gasteiger partial charge in [-0.1, -0.05) is 12.2 Å². The SMILES string of the molecule is Cn1cnc2[nH]cnc(=S)c21. The molecule has 0 fully saturated rings. The largest absolute Gasteiger partial charge is 0.330 e. The third-order valence-corrected chi connectivity index (χ3v) is 1.82. The Morgan fingerprint density at radius 2 is 2.36 bits per heavy atom. The normalized spacial score (nSPS) is 10.6. The van der Waals surface area contributed by atoms with Crippen molar-refractivity contribution in [2.24, 2.45) is 7.05 Å². The molecule has 0 atom stereocenters. The van der Waals surface area contributed by atoms with E-state index in [0.717, 1.165) is 11.2 Å². The molecule has 2 aromatic heterocycles. The van der Waals surface area contributed by atoms with Crippen LogP contribution < -0.4 is 0 Å². The Balaban J connectivity index is 3.08. The van der Waals surface area contributed by atoms with Crippen LogP contribution in [0.15, 0.2) is 12.7 Å². The van der Waals surface area contributed by atoms with Crippen LogP contribution in [0.5, 0.6) is 0 Å². The summed E-state index contributed by atoms with van der Waals surface area (Å²) in [6, 6.07) is 0. The summed E-state index contributed by atoms with van der Waals surface area (Å²) >= 11 is 5.00. The van der Waals surface area contributed by atoms with E-state index >= 15 is 0 Å². The molecule has 0 aromatic carbocycles. The zero-order valence-corrected chi connectivity index (χ0v) is 6.72. The second kappa shape index (κ2) is 2.13. The van der Waals surface area contributed by atoms with Crippen LogP contribution in [0.25, 0.3) is 11.2 Å². The first-order valence-corrected chi connectivity index (χ1v) is 3.54. The van der Waals surface area contributed by atoms with Gasteiger partial charge in [0.1, 0.15) is 5.52 Å². The lowest BCUT2D eigenvalue weighted by Gasteiger charge is -1.91. The molecule has 5 heteroatoms. The number of hydrogen-bond donors (Lipinski definition) is 1. The van der Waals surface area contributed by atoms with Gasteiger partial charge in [0.05, 0.1) is 12.7 Å². The molecule has 56 valence electrons. The third kappa shape index (κ3) is 0.848. The number of aromatic nitrogens is 4. The summed E-state index contributed by atoms with van der Waals surface area (Å²) in [7, 11) is 1.89. The lowest BCUT2D eigenvalue weighted by atomic mass is 10.5. The van der Waals surface area contributed by atoms with Crippen LogP contribution in [0.4, 0.5) is 0 Å². The maximum absolute atomic E-state index is 5.00. The number of H-pyrrole nitrogens is 1. The van der Waals surface area contributed by atoms with E-state index in [1.165, 1.54) is 0 Å². The molecule has 4 nitrogen and oxygen atoms in total. The highest BCUT2D eigenvalue weighted by molar-refractivity contribution is 7.71. The number of aromatic amines is 1. The van der Waals surface area contributed by atoms with Crippen molar-refractivity contribution in [2.75, 3.05) is 0 Å². The fourth-order valence-electron chi connectivity index (χ4n) is 1.00. The van der Waals surface area contributed by atoms with Crippen LogP contribution in [-0.4, -0.2) is 19.5 Å². The number of aryl methyl sites for hydroxylation is 1. The van der Waals surface area contributed by atoms with Gasteiger partial charge >= 0.3 is 0 Å². The minimum absolute atomic E-state index is 0.582. The Hall–Kier alpha value is -1.23. The van der Waals surface area contributed by atoms with E-state index in [-0.39, 0.29) is 0 Å². The average molecular weight is 166 g/mol. The van der Waals surface area contributed by atoms with E-state index in [4.69, 9.17) is 12.2 Å². The van der Waals surface area contributed by atoms with Crippen molar-refractivity contribution < 1.29 is 0 Å². The fraction of sp³-hybridized carbons (Fsp3) is 0.167. The van der Waals surface area contributed by atoms with E-state index in [9.17, 15) is 0 Å². The minimum Gasteiger partial charge on any atom is -0.330 e. The lowest BCUT2D eigenvalue weighted by molar-refractivity contribution is 0.942. The Morgan fingerprint density at radius 1 is 1.55 bits per heavy atom. The topological polar surface area (TPSA) is 46.5 Å². The van der Waals surface area contributed by atoms with Crippen LogP contribution in [0.1, 0.15) is 0 Å². The first kappa shape index (κ1) is 6.48. The summed E-state index contributed by atoms with van der Waals surface area (Å²) in [5.41, 5.74) is 1.66. The molecule has 0 aliphatic carbocycles. The first-order valence-electron chi connectivity index (χ1n) is 3.14. The number of nitrogens with zero attached hydrogens (tertiary/aromatic N) is 3. The highest BCUT2D eigenvalue weighted by Crippen LogP contribution is 2.06. The molecule has 0 aliphatic rings. The number of nitrogens with one attached hydrogen (secondary N) is 1. The number of imidazole rings is 1. The van der Waals surface area contributed by atoms with Gasteiger partial charge < -0.3 is 9.55 Å². The quantitative estimate of drug-likeness (QED) is 0.594. The van der Waals surface area contributed by atoms with Gasteiger partial charge in [0, 0.05) is 7.05 Å². The van der Waals surface area contributed by atoms with Gasteiger partial charge in [0.2, 0.25) is 0 Å². The summed E-state index contributed by atoms with van der Waals surface area (Å²) in [5, 5.41) is 0. The number of hydrogen-bond acceptors (Lipinski definition) is 3. The zero-order chi connectivity index (χ0) is 7.84. The van der Waals surface area contributed by atoms with Crippen LogP contribution in [0.2, 0.25) is 0 Å². The predicted molar refractivity (Wildman–Crippen MR) is 43.7 cm³/mol. The van der Waals surface area contributed by atoms with Gasteiger partial charge in [0.15, 0.2) is 10.3 Å². The Labute approximate surface area is 67.9 Å². The standard InChI is InChI=1S/C6H6N4S/c1-10-3-9-5-4(10)6(11)8-2-7-5/h2-3H,1H3,(H,7,8,11). The molecule has 2 rings (SSSR count). The van der Waals surface area contributed by atoms with Gasteiger partial charge in [-0.15, -0.1) is 0 Å². The third-order valence-electron chi connectivity index (χ3n) is 1.52. The summed E-state index contributed by atoms with van der Waals surface area (Å²) in [4.78, 5) is 10.9. The Bertz CT molecular complexity index is 441. The van der Waals surface area contributed by atoms with Gasteiger partial charge in [-0.05, 0) is 0 Å². The molecule has 2 heterocycles. The minimum atomic E-state index is 0.582. The zero-order valence-electron chi connectivity index (χ0n) is 5.90. The van der Waals surface area contributed by atoms with Crippen molar-refractivity contribution in [1.29, 1.82) is 0 Å². The monoisotopic (exact) mass is 166 g/mol. The van der Waals surface area contributed by atoms with E-state index in [2.05, 4.69) is 15.0 Å². The van der Waals surface area contributed by atoms with Gasteiger partial charge in [0.25, 0.3) is 0 Å². The molecule has 0 amide bonds. The summed E-state index contributed by atoms with van der Waals surface area (Å²) < 4.78 is 2.43. The highest BCUT2D eigenvalue weighted by Gasteiger charge is 1.99. The van der Waals surface area contributed by atoms with Crippen molar-refractivity contribution in [3.8, 4) is 0 Å². The summed E-state index contributed by atoms with van der Waals surface area (Å²) in [5.74, 6) is 0. The van der Waals surface area contributed by atoms with Crippen molar-refractivity contribution in [3.63, 3.8) is 0 Å². The van der Waals surface area contributed by atoms with Crippen molar-refractivity contribution >= 4 is 23.4 Å². The van der Waals surface area contributed by atoms with E-state index in [1.807, 2.05) is 11.6 Å². The lowest BCUT2D eigenvalue weighted by Crippen LogP contribution is -1.87. The van der Waals surface area contributed by atoms with E-state index < -0.39 is 0 Å². The molecule has 0 unspecified atom stereocenters. The summed E-state index contributed by atoms with van der Waals surface area (Å²) in [6.07, 6.45) is 3.26. The molecule has 0 saturated heterocycles. The molecule has 0 aliphatic heterocycles. The molecule has 0 radical (unpaired) electrons. The van der Waals surface area contributed by atoms with Crippen LogP contribution in [0.3, 0.4) is 0 Å². The smallest absolute Gasteiger partial charge is 0.160 e. The summed E-state index contributed by atoms with van der Waals surface area (Å²) in [6.45, 7) is 0. The predicted octanol–water partition coefficient (Wildman–Crippen LogP) is 1.03. The molecule has 0 bridgehead atoms. The molecule has 11 heavy (non-hydrogen) atoms. The van der Waals surface area contributed by atoms with Crippen molar-refractivity contribution in [3.05, 3.63) is 17.3 Å². The second-order valence-electron chi connectivity index (χ2n) is 2.26. The average Bonchev–Trinajstić information content (AvgIpc) is 2.34. The van der Waals surface area contributed by atoms with Crippen LogP contribution in [-0.2, 0) is 7.05 Å². The maximum atomic E-state index is 5.00. The Morgan fingerprint density at radius 3 is 3.09 bits per heavy atom. The molecule has 2 aromatic rings. The van der Waals surface area contributed by atoms with Crippen molar-refractivity contribution in [1.82, 2.24) is 19.5 Å². The van der Waals surface area contributed by atoms with E-state index in [1.54, 1.807) is 12.7 Å². The van der Waals surface area contributed by atoms with Gasteiger partial charge in [-0.25, -0.2) is 9.97 Å². The number of rotatable bonds is 0. The van der Waals surface area contributed by atoms with E-state index in [0.29, 0.717) is 4.64 Å². The maximum Gasteiger partial charge on any atom is 0.160 e. The van der Waals surface area contributed by atoms with Crippen LogP contribution >= 0.6 is 12.2 Å². The molecule has 0 spiro atoms. The fourth-order valence-corrected chi connectivity index (χ4v) is 1.29. The molecular weight excluding hydrogens is 160 g/mol. The van der Waals surface area contributed by atoms with Crippen LogP contribution in [0, 0.1) is 4.64 Å². The highest BCUT2D eigenvalue weighted by atomic mass is 32.1. The van der Waals surface area contributed by atoms with Gasteiger partial charge in [-0.3, -0.25) is 0 Å².